The Hall–Kier alpha value is -1.24. The Balaban J connectivity index is 1.77. The molecule has 0 saturated heterocycles. The Kier molecular flexibility index (Phi) is 4.46. The number of benzene rings is 1. The zero-order valence-electron chi connectivity index (χ0n) is 11.7. The second-order valence-corrected chi connectivity index (χ2v) is 5.81. The van der Waals surface area contributed by atoms with E-state index in [4.69, 9.17) is 0 Å². The lowest BCUT2D eigenvalue weighted by atomic mass is 9.79. The van der Waals surface area contributed by atoms with E-state index in [-0.39, 0.29) is 0 Å². The lowest BCUT2D eigenvalue weighted by Gasteiger charge is -2.29. The molecule has 1 heteroatoms. The second kappa shape index (κ2) is 6.08. The molecule has 0 aromatic heterocycles. The summed E-state index contributed by atoms with van der Waals surface area (Å²) in [7, 11) is 0. The molecule has 1 aliphatic rings. The SMILES string of the molecule is C=C(C)C1CCC(CNc2cccc(C)c2)CC1. The van der Waals surface area contributed by atoms with Crippen LogP contribution in [0.1, 0.15) is 38.2 Å². The number of nitrogens with one attached hydrogen (secondary N) is 1. The summed E-state index contributed by atoms with van der Waals surface area (Å²) in [6, 6.07) is 8.64. The highest BCUT2D eigenvalue weighted by Crippen LogP contribution is 2.32. The van der Waals surface area contributed by atoms with Crippen LogP contribution in [0.2, 0.25) is 0 Å². The van der Waals surface area contributed by atoms with Crippen LogP contribution in [0.15, 0.2) is 36.4 Å². The summed E-state index contributed by atoms with van der Waals surface area (Å²) in [5, 5.41) is 3.58. The first-order valence-electron chi connectivity index (χ1n) is 7.11. The van der Waals surface area contributed by atoms with E-state index in [0.29, 0.717) is 0 Å². The molecular weight excluding hydrogens is 218 g/mol. The maximum Gasteiger partial charge on any atom is 0.0342 e. The van der Waals surface area contributed by atoms with Gasteiger partial charge in [0.05, 0.1) is 0 Å². The van der Waals surface area contributed by atoms with Gasteiger partial charge in [-0.15, -0.1) is 0 Å². The molecule has 1 nitrogen and oxygen atoms in total. The third kappa shape index (κ3) is 3.63. The highest BCUT2D eigenvalue weighted by Gasteiger charge is 2.21. The summed E-state index contributed by atoms with van der Waals surface area (Å²) in [6.45, 7) is 9.53. The third-order valence-electron chi connectivity index (χ3n) is 4.16. The minimum atomic E-state index is 0.778. The summed E-state index contributed by atoms with van der Waals surface area (Å²) in [5.41, 5.74) is 3.96. The lowest BCUT2D eigenvalue weighted by molar-refractivity contribution is 0.313. The van der Waals surface area contributed by atoms with Gasteiger partial charge in [0.15, 0.2) is 0 Å². The fraction of sp³-hybridized carbons (Fsp3) is 0.529. The largest absolute Gasteiger partial charge is 0.385 e. The highest BCUT2D eigenvalue weighted by atomic mass is 14.9. The topological polar surface area (TPSA) is 12.0 Å². The lowest BCUT2D eigenvalue weighted by Crippen LogP contribution is -2.21. The highest BCUT2D eigenvalue weighted by molar-refractivity contribution is 5.45. The maximum absolute atomic E-state index is 4.09. The monoisotopic (exact) mass is 243 g/mol. The average molecular weight is 243 g/mol. The van der Waals surface area contributed by atoms with Crippen molar-refractivity contribution in [1.29, 1.82) is 0 Å². The van der Waals surface area contributed by atoms with Crippen LogP contribution >= 0.6 is 0 Å². The maximum atomic E-state index is 4.09. The predicted octanol–water partition coefficient (Wildman–Crippen LogP) is 4.79. The number of hydrogen-bond donors (Lipinski definition) is 1. The van der Waals surface area contributed by atoms with Crippen molar-refractivity contribution in [2.45, 2.75) is 39.5 Å². The number of aryl methyl sites for hydroxylation is 1. The predicted molar refractivity (Wildman–Crippen MR) is 79.9 cm³/mol. The van der Waals surface area contributed by atoms with Gasteiger partial charge in [0.25, 0.3) is 0 Å². The molecule has 1 saturated carbocycles. The molecule has 1 aromatic carbocycles. The molecule has 0 unspecified atom stereocenters. The van der Waals surface area contributed by atoms with E-state index in [9.17, 15) is 0 Å². The Morgan fingerprint density at radius 2 is 2.00 bits per heavy atom. The van der Waals surface area contributed by atoms with Crippen molar-refractivity contribution >= 4 is 5.69 Å². The third-order valence-corrected chi connectivity index (χ3v) is 4.16. The van der Waals surface area contributed by atoms with E-state index in [2.05, 4.69) is 50.0 Å². The minimum absolute atomic E-state index is 0.778. The summed E-state index contributed by atoms with van der Waals surface area (Å²) < 4.78 is 0. The number of allylic oxidation sites excluding steroid dienone is 1. The van der Waals surface area contributed by atoms with Gasteiger partial charge < -0.3 is 5.32 Å². The van der Waals surface area contributed by atoms with Crippen molar-refractivity contribution in [3.63, 3.8) is 0 Å². The van der Waals surface area contributed by atoms with Gasteiger partial charge in [-0.2, -0.15) is 0 Å². The van der Waals surface area contributed by atoms with Gasteiger partial charge in [0.1, 0.15) is 0 Å². The Labute approximate surface area is 111 Å². The molecule has 0 aliphatic heterocycles. The molecule has 18 heavy (non-hydrogen) atoms. The van der Waals surface area contributed by atoms with Gasteiger partial charge >= 0.3 is 0 Å². The fourth-order valence-corrected chi connectivity index (χ4v) is 2.88. The zero-order chi connectivity index (χ0) is 13.0. The van der Waals surface area contributed by atoms with Gasteiger partial charge in [0.2, 0.25) is 0 Å². The minimum Gasteiger partial charge on any atom is -0.385 e. The molecular formula is C17H25N. The molecule has 0 atom stereocenters. The molecule has 0 heterocycles. The van der Waals surface area contributed by atoms with E-state index in [0.717, 1.165) is 18.4 Å². The average Bonchev–Trinajstić information content (AvgIpc) is 2.37. The zero-order valence-corrected chi connectivity index (χ0v) is 11.7. The first-order valence-corrected chi connectivity index (χ1v) is 7.11. The number of hydrogen-bond acceptors (Lipinski definition) is 1. The van der Waals surface area contributed by atoms with Crippen LogP contribution in [0.25, 0.3) is 0 Å². The van der Waals surface area contributed by atoms with Crippen molar-refractivity contribution in [3.8, 4) is 0 Å². The summed E-state index contributed by atoms with van der Waals surface area (Å²) >= 11 is 0. The summed E-state index contributed by atoms with van der Waals surface area (Å²) in [6.07, 6.45) is 5.34. The van der Waals surface area contributed by atoms with Crippen LogP contribution in [0.3, 0.4) is 0 Å². The van der Waals surface area contributed by atoms with Crippen LogP contribution in [-0.2, 0) is 0 Å². The molecule has 0 spiro atoms. The van der Waals surface area contributed by atoms with Crippen LogP contribution in [-0.4, -0.2) is 6.54 Å². The molecule has 0 amide bonds. The van der Waals surface area contributed by atoms with Gasteiger partial charge in [-0.1, -0.05) is 24.3 Å². The van der Waals surface area contributed by atoms with E-state index >= 15 is 0 Å². The van der Waals surface area contributed by atoms with Crippen LogP contribution < -0.4 is 5.32 Å². The Bertz CT molecular complexity index is 400. The Morgan fingerprint density at radius 3 is 2.61 bits per heavy atom. The molecule has 1 aromatic rings. The first kappa shape index (κ1) is 13.2. The van der Waals surface area contributed by atoms with Crippen LogP contribution in [0, 0.1) is 18.8 Å². The van der Waals surface area contributed by atoms with Crippen LogP contribution in [0.4, 0.5) is 5.69 Å². The van der Waals surface area contributed by atoms with Gasteiger partial charge in [-0.25, -0.2) is 0 Å². The molecule has 1 N–H and O–H groups in total. The molecule has 0 radical (unpaired) electrons. The summed E-state index contributed by atoms with van der Waals surface area (Å²) in [4.78, 5) is 0. The number of anilines is 1. The van der Waals surface area contributed by atoms with Crippen LogP contribution in [0.5, 0.6) is 0 Å². The van der Waals surface area contributed by atoms with Crippen molar-refractivity contribution < 1.29 is 0 Å². The van der Waals surface area contributed by atoms with Gasteiger partial charge in [0, 0.05) is 12.2 Å². The van der Waals surface area contributed by atoms with E-state index < -0.39 is 0 Å². The second-order valence-electron chi connectivity index (χ2n) is 5.81. The Morgan fingerprint density at radius 1 is 1.28 bits per heavy atom. The van der Waals surface area contributed by atoms with Crippen molar-refractivity contribution in [1.82, 2.24) is 0 Å². The van der Waals surface area contributed by atoms with E-state index in [1.807, 2.05) is 0 Å². The van der Waals surface area contributed by atoms with Gasteiger partial charge in [-0.3, -0.25) is 0 Å². The van der Waals surface area contributed by atoms with Gasteiger partial charge in [-0.05, 0) is 69.1 Å². The van der Waals surface area contributed by atoms with E-state index in [1.165, 1.54) is 42.5 Å². The standard InChI is InChI=1S/C17H25N/c1-13(2)16-9-7-15(8-10-16)12-18-17-6-4-5-14(3)11-17/h4-6,11,15-16,18H,1,7-10,12H2,2-3H3. The fourth-order valence-electron chi connectivity index (χ4n) is 2.88. The van der Waals surface area contributed by atoms with E-state index in [1.54, 1.807) is 0 Å². The van der Waals surface area contributed by atoms with Crippen molar-refractivity contribution in [2.24, 2.45) is 11.8 Å². The number of rotatable bonds is 4. The van der Waals surface area contributed by atoms with Crippen molar-refractivity contribution in [2.75, 3.05) is 11.9 Å². The smallest absolute Gasteiger partial charge is 0.0342 e. The molecule has 0 bridgehead atoms. The summed E-state index contributed by atoms with van der Waals surface area (Å²) in [5.74, 6) is 1.61. The van der Waals surface area contributed by atoms with Crippen molar-refractivity contribution in [3.05, 3.63) is 42.0 Å². The molecule has 1 fully saturated rings. The molecule has 1 aliphatic carbocycles. The normalized spacial score (nSPS) is 23.7. The quantitative estimate of drug-likeness (QED) is 0.750. The first-order chi connectivity index (χ1) is 8.65. The molecule has 98 valence electrons. The molecule has 2 rings (SSSR count).